The maximum Gasteiger partial charge on any atom is 0.338 e. The zero-order valence-corrected chi connectivity index (χ0v) is 27.7. The molecule has 0 heterocycles. The van der Waals surface area contributed by atoms with Gasteiger partial charge in [-0.2, -0.15) is 0 Å². The van der Waals surface area contributed by atoms with Crippen molar-refractivity contribution in [2.24, 2.45) is 0 Å². The van der Waals surface area contributed by atoms with Gasteiger partial charge >= 0.3 is 23.9 Å². The normalized spacial score (nSPS) is 10.6. The number of carbonyl (C=O) groups excluding carboxylic acids is 4. The van der Waals surface area contributed by atoms with Crippen LogP contribution in [0.4, 0.5) is 0 Å². The fraction of sp³-hybridized carbons (Fsp3) is 0.282. The summed E-state index contributed by atoms with van der Waals surface area (Å²) in [5.41, 5.74) is 2.92. The molecule has 0 N–H and O–H groups in total. The van der Waals surface area contributed by atoms with Gasteiger partial charge in [0.15, 0.2) is 11.5 Å². The van der Waals surface area contributed by atoms with Crippen molar-refractivity contribution in [3.63, 3.8) is 0 Å². The van der Waals surface area contributed by atoms with Crippen molar-refractivity contribution in [1.82, 2.24) is 0 Å². The molecule has 0 amide bonds. The van der Waals surface area contributed by atoms with E-state index in [9.17, 15) is 19.2 Å². The Morgan fingerprint density at radius 1 is 0.612 bits per heavy atom. The van der Waals surface area contributed by atoms with E-state index in [1.165, 1.54) is 6.08 Å². The van der Waals surface area contributed by atoms with Gasteiger partial charge in [0.25, 0.3) is 0 Å². The highest BCUT2D eigenvalue weighted by Gasteiger charge is 2.09. The van der Waals surface area contributed by atoms with E-state index < -0.39 is 23.9 Å². The zero-order chi connectivity index (χ0) is 35.3. The number of rotatable bonds is 21. The average molecular weight is 671 g/mol. The van der Waals surface area contributed by atoms with Gasteiger partial charge < -0.3 is 28.4 Å². The van der Waals surface area contributed by atoms with Gasteiger partial charge in [0.05, 0.1) is 39.1 Å². The molecule has 0 aliphatic heterocycles. The lowest BCUT2D eigenvalue weighted by Crippen LogP contribution is -2.08. The molecule has 3 aromatic carbocycles. The molecule has 0 atom stereocenters. The number of benzene rings is 3. The minimum Gasteiger partial charge on any atom is -0.493 e. The lowest BCUT2D eigenvalue weighted by atomic mass is 10.0. The van der Waals surface area contributed by atoms with Crippen LogP contribution < -0.4 is 14.2 Å². The van der Waals surface area contributed by atoms with Crippen LogP contribution in [0.15, 0.2) is 98.1 Å². The molecule has 0 aliphatic carbocycles. The molecule has 10 heteroatoms. The summed E-state index contributed by atoms with van der Waals surface area (Å²) in [6.45, 7) is 8.07. The molecule has 0 saturated heterocycles. The van der Waals surface area contributed by atoms with Crippen molar-refractivity contribution >= 4 is 30.0 Å². The number of hydrogen-bond acceptors (Lipinski definition) is 10. The third kappa shape index (κ3) is 13.9. The van der Waals surface area contributed by atoms with Crippen LogP contribution in [-0.4, -0.2) is 57.4 Å². The van der Waals surface area contributed by atoms with Gasteiger partial charge in [-0.15, -0.1) is 0 Å². The summed E-state index contributed by atoms with van der Waals surface area (Å²) in [5.74, 6) is -0.308. The van der Waals surface area contributed by atoms with Crippen LogP contribution in [0.5, 0.6) is 17.2 Å². The number of unbranched alkanes of at least 4 members (excludes halogenated alkanes) is 4. The molecular weight excluding hydrogens is 628 g/mol. The molecule has 0 radical (unpaired) electrons. The number of hydrogen-bond donors (Lipinski definition) is 0. The molecule has 3 aromatic rings. The predicted molar refractivity (Wildman–Crippen MR) is 185 cm³/mol. The first-order valence-electron chi connectivity index (χ1n) is 16.0. The Labute approximate surface area is 286 Å². The SMILES string of the molecule is C=CC(=O)OCCCCCCOc1ccc(/C=C/C(=O)Oc2ccc(-c3ccc(C(=O)OCCCCOC(=O)C=C)cc3)cc2)cc1OC. The van der Waals surface area contributed by atoms with Crippen LogP contribution in [-0.2, 0) is 28.6 Å². The van der Waals surface area contributed by atoms with E-state index in [0.29, 0.717) is 48.9 Å². The second-order valence-electron chi connectivity index (χ2n) is 10.6. The third-order valence-corrected chi connectivity index (χ3v) is 7.02. The van der Waals surface area contributed by atoms with E-state index in [0.717, 1.165) is 54.5 Å². The topological polar surface area (TPSA) is 124 Å². The lowest BCUT2D eigenvalue weighted by molar-refractivity contribution is -0.138. The predicted octanol–water partition coefficient (Wildman–Crippen LogP) is 7.32. The van der Waals surface area contributed by atoms with Crippen molar-refractivity contribution in [1.29, 1.82) is 0 Å². The molecule has 0 spiro atoms. The van der Waals surface area contributed by atoms with Gasteiger partial charge in [0.1, 0.15) is 5.75 Å². The van der Waals surface area contributed by atoms with Gasteiger partial charge in [0, 0.05) is 18.2 Å². The van der Waals surface area contributed by atoms with Crippen LogP contribution in [0.1, 0.15) is 54.4 Å². The molecule has 258 valence electrons. The summed E-state index contributed by atoms with van der Waals surface area (Å²) in [4.78, 5) is 46.9. The standard InChI is InChI=1S/C39H42O10/c1-4-36(40)46-25-9-7-6-8-24-45-34-22-12-29(28-35(34)44-3)13-23-38(42)49-33-20-18-31(19-21-33)30-14-16-32(17-15-30)39(43)48-27-11-10-26-47-37(41)5-2/h4-5,12-23,28H,1-2,6-11,24-27H2,3H3/b23-13+. The highest BCUT2D eigenvalue weighted by atomic mass is 16.5. The summed E-state index contributed by atoms with van der Waals surface area (Å²) in [6, 6.07) is 19.4. The first-order chi connectivity index (χ1) is 23.8. The van der Waals surface area contributed by atoms with Crippen LogP contribution in [0.2, 0.25) is 0 Å². The molecule has 0 bridgehead atoms. The van der Waals surface area contributed by atoms with Crippen molar-refractivity contribution in [2.75, 3.05) is 33.5 Å². The van der Waals surface area contributed by atoms with E-state index in [4.69, 9.17) is 28.4 Å². The van der Waals surface area contributed by atoms with E-state index >= 15 is 0 Å². The van der Waals surface area contributed by atoms with Crippen molar-refractivity contribution in [2.45, 2.75) is 38.5 Å². The number of methoxy groups -OCH3 is 1. The molecular formula is C39H42O10. The molecule has 10 nitrogen and oxygen atoms in total. The average Bonchev–Trinajstić information content (AvgIpc) is 3.13. The Balaban J connectivity index is 1.41. The molecule has 0 fully saturated rings. The minimum absolute atomic E-state index is 0.221. The Morgan fingerprint density at radius 2 is 1.16 bits per heavy atom. The summed E-state index contributed by atoms with van der Waals surface area (Å²) in [7, 11) is 1.55. The van der Waals surface area contributed by atoms with E-state index in [1.807, 2.05) is 30.3 Å². The zero-order valence-electron chi connectivity index (χ0n) is 27.7. The molecule has 0 saturated carbocycles. The Hall–Kier alpha value is -5.64. The summed E-state index contributed by atoms with van der Waals surface area (Å²) in [6.07, 6.45) is 9.87. The fourth-order valence-corrected chi connectivity index (χ4v) is 4.39. The first kappa shape index (κ1) is 37.8. The smallest absolute Gasteiger partial charge is 0.338 e. The van der Waals surface area contributed by atoms with Gasteiger partial charge in [-0.3, -0.25) is 0 Å². The number of carbonyl (C=O) groups is 4. The molecule has 3 rings (SSSR count). The molecule has 0 unspecified atom stereocenters. The summed E-state index contributed by atoms with van der Waals surface area (Å²) >= 11 is 0. The summed E-state index contributed by atoms with van der Waals surface area (Å²) in [5, 5.41) is 0. The maximum atomic E-state index is 12.5. The van der Waals surface area contributed by atoms with Crippen molar-refractivity contribution in [3.05, 3.63) is 109 Å². The number of esters is 4. The van der Waals surface area contributed by atoms with Crippen molar-refractivity contribution in [3.8, 4) is 28.4 Å². The highest BCUT2D eigenvalue weighted by Crippen LogP contribution is 2.29. The van der Waals surface area contributed by atoms with Gasteiger partial charge in [0.2, 0.25) is 0 Å². The lowest BCUT2D eigenvalue weighted by Gasteiger charge is -2.11. The van der Waals surface area contributed by atoms with Gasteiger partial charge in [-0.05, 0) is 97.7 Å². The van der Waals surface area contributed by atoms with Crippen LogP contribution in [0.25, 0.3) is 17.2 Å². The Kier molecular flexibility index (Phi) is 16.4. The Bertz CT molecular complexity index is 1570. The van der Waals surface area contributed by atoms with Crippen LogP contribution >= 0.6 is 0 Å². The molecule has 0 aromatic heterocycles. The monoisotopic (exact) mass is 670 g/mol. The largest absolute Gasteiger partial charge is 0.493 e. The summed E-state index contributed by atoms with van der Waals surface area (Å²) < 4.78 is 31.9. The number of ether oxygens (including phenoxy) is 6. The Morgan fingerprint density at radius 3 is 1.76 bits per heavy atom. The van der Waals surface area contributed by atoms with E-state index in [1.54, 1.807) is 49.6 Å². The minimum atomic E-state index is -0.535. The van der Waals surface area contributed by atoms with Crippen LogP contribution in [0, 0.1) is 0 Å². The highest BCUT2D eigenvalue weighted by molar-refractivity contribution is 5.90. The first-order valence-corrected chi connectivity index (χ1v) is 16.0. The fourth-order valence-electron chi connectivity index (χ4n) is 4.39. The van der Waals surface area contributed by atoms with Crippen LogP contribution in [0.3, 0.4) is 0 Å². The van der Waals surface area contributed by atoms with E-state index in [-0.39, 0.29) is 13.2 Å². The second-order valence-corrected chi connectivity index (χ2v) is 10.6. The van der Waals surface area contributed by atoms with Gasteiger partial charge in [-0.1, -0.05) is 43.5 Å². The second kappa shape index (κ2) is 21.3. The third-order valence-electron chi connectivity index (χ3n) is 7.02. The molecule has 49 heavy (non-hydrogen) atoms. The maximum absolute atomic E-state index is 12.5. The quantitative estimate of drug-likeness (QED) is 0.0375. The molecule has 0 aliphatic rings. The van der Waals surface area contributed by atoms with Crippen molar-refractivity contribution < 1.29 is 47.6 Å². The van der Waals surface area contributed by atoms with Gasteiger partial charge in [-0.25, -0.2) is 19.2 Å². The van der Waals surface area contributed by atoms with E-state index in [2.05, 4.69) is 13.2 Å².